The number of nitrogens with one attached hydrogen (secondary N) is 1. The molecule has 3 aliphatic heterocycles. The standard InChI is InChI=1S/C23H25F2N3O6/c1-22(2,3)34-21(33)27-9-8-15(23(24,25)11-27)12-4-5-13-14(10-12)20(32)28(19(13)31)16-6-7-17(29)26-18(16)30/h4-5,10,15-16H,6-9,11H2,1-3H3,(H,26,29,30). The Kier molecular flexibility index (Phi) is 5.69. The predicted molar refractivity (Wildman–Crippen MR) is 113 cm³/mol. The molecule has 1 aromatic rings. The lowest BCUT2D eigenvalue weighted by Gasteiger charge is -2.39. The Labute approximate surface area is 194 Å². The van der Waals surface area contributed by atoms with E-state index in [1.54, 1.807) is 20.8 Å². The van der Waals surface area contributed by atoms with Crippen molar-refractivity contribution in [3.8, 4) is 0 Å². The smallest absolute Gasteiger partial charge is 0.410 e. The number of benzene rings is 1. The molecular weight excluding hydrogens is 452 g/mol. The van der Waals surface area contributed by atoms with E-state index in [9.17, 15) is 24.0 Å². The number of ether oxygens (including phenoxy) is 1. The fourth-order valence-electron chi connectivity index (χ4n) is 4.54. The molecule has 2 fully saturated rings. The van der Waals surface area contributed by atoms with Crippen LogP contribution < -0.4 is 5.32 Å². The Morgan fingerprint density at radius 2 is 1.76 bits per heavy atom. The highest BCUT2D eigenvalue weighted by Crippen LogP contribution is 2.42. The summed E-state index contributed by atoms with van der Waals surface area (Å²) < 4.78 is 35.4. The van der Waals surface area contributed by atoms with Gasteiger partial charge in [-0.05, 0) is 51.3 Å². The quantitative estimate of drug-likeness (QED) is 0.655. The SMILES string of the molecule is CC(C)(C)OC(=O)N1CCC(c2ccc3c(c2)C(=O)N(C2CCC(=O)NC2=O)C3=O)C(F)(F)C1. The molecule has 0 spiro atoms. The molecule has 5 amide bonds. The van der Waals surface area contributed by atoms with Gasteiger partial charge in [0.1, 0.15) is 11.6 Å². The van der Waals surface area contributed by atoms with Crippen molar-refractivity contribution in [2.75, 3.05) is 13.1 Å². The number of fused-ring (bicyclic) bond motifs is 1. The van der Waals surface area contributed by atoms with E-state index < -0.39 is 59.8 Å². The van der Waals surface area contributed by atoms with E-state index in [-0.39, 0.29) is 42.5 Å². The second kappa shape index (κ2) is 8.14. The lowest BCUT2D eigenvalue weighted by atomic mass is 9.85. The van der Waals surface area contributed by atoms with Crippen LogP contribution >= 0.6 is 0 Å². The van der Waals surface area contributed by atoms with Crippen LogP contribution in [0.5, 0.6) is 0 Å². The van der Waals surface area contributed by atoms with Gasteiger partial charge in [-0.3, -0.25) is 29.4 Å². The van der Waals surface area contributed by atoms with E-state index in [2.05, 4.69) is 5.32 Å². The average molecular weight is 477 g/mol. The minimum Gasteiger partial charge on any atom is -0.444 e. The summed E-state index contributed by atoms with van der Waals surface area (Å²) in [7, 11) is 0. The topological polar surface area (TPSA) is 113 Å². The molecule has 1 aromatic carbocycles. The number of nitrogens with zero attached hydrogens (tertiary/aromatic N) is 2. The predicted octanol–water partition coefficient (Wildman–Crippen LogP) is 2.45. The summed E-state index contributed by atoms with van der Waals surface area (Å²) in [5, 5.41) is 2.11. The van der Waals surface area contributed by atoms with Gasteiger partial charge in [-0.25, -0.2) is 13.6 Å². The monoisotopic (exact) mass is 477 g/mol. The summed E-state index contributed by atoms with van der Waals surface area (Å²) in [4.78, 5) is 63.4. The van der Waals surface area contributed by atoms with Crippen molar-refractivity contribution in [1.29, 1.82) is 0 Å². The molecule has 1 N–H and O–H groups in total. The van der Waals surface area contributed by atoms with E-state index in [1.807, 2.05) is 0 Å². The van der Waals surface area contributed by atoms with Crippen LogP contribution in [0.3, 0.4) is 0 Å². The summed E-state index contributed by atoms with van der Waals surface area (Å²) >= 11 is 0. The molecule has 0 aliphatic carbocycles. The van der Waals surface area contributed by atoms with Crippen LogP contribution in [0.4, 0.5) is 13.6 Å². The maximum atomic E-state index is 15.1. The summed E-state index contributed by atoms with van der Waals surface area (Å²) in [6.07, 6.45) is -0.897. The Balaban J connectivity index is 1.54. The van der Waals surface area contributed by atoms with Crippen LogP contribution in [0.15, 0.2) is 18.2 Å². The number of amides is 5. The molecule has 9 nitrogen and oxygen atoms in total. The third-order valence-electron chi connectivity index (χ3n) is 6.12. The molecule has 182 valence electrons. The van der Waals surface area contributed by atoms with Gasteiger partial charge in [0.25, 0.3) is 17.7 Å². The van der Waals surface area contributed by atoms with Crippen molar-refractivity contribution in [3.63, 3.8) is 0 Å². The van der Waals surface area contributed by atoms with Gasteiger partial charge in [-0.1, -0.05) is 6.07 Å². The number of alkyl halides is 2. The van der Waals surface area contributed by atoms with Crippen molar-refractivity contribution in [2.45, 2.75) is 63.5 Å². The number of hydrogen-bond acceptors (Lipinski definition) is 6. The van der Waals surface area contributed by atoms with Crippen molar-refractivity contribution in [2.24, 2.45) is 0 Å². The second-order valence-corrected chi connectivity index (χ2v) is 9.76. The fourth-order valence-corrected chi connectivity index (χ4v) is 4.54. The van der Waals surface area contributed by atoms with Gasteiger partial charge in [0.05, 0.1) is 23.6 Å². The number of carbonyl (C=O) groups excluding carboxylic acids is 5. The molecule has 34 heavy (non-hydrogen) atoms. The van der Waals surface area contributed by atoms with Crippen LogP contribution in [0.2, 0.25) is 0 Å². The number of rotatable bonds is 2. The fraction of sp³-hybridized carbons (Fsp3) is 0.522. The minimum atomic E-state index is -3.29. The van der Waals surface area contributed by atoms with Gasteiger partial charge >= 0.3 is 6.09 Å². The van der Waals surface area contributed by atoms with E-state index >= 15 is 8.78 Å². The largest absolute Gasteiger partial charge is 0.444 e. The number of halogens is 2. The zero-order chi connectivity index (χ0) is 25.0. The van der Waals surface area contributed by atoms with Crippen molar-refractivity contribution in [1.82, 2.24) is 15.1 Å². The zero-order valence-corrected chi connectivity index (χ0v) is 19.0. The van der Waals surface area contributed by atoms with Gasteiger partial charge in [0, 0.05) is 13.0 Å². The Bertz CT molecular complexity index is 1100. The number of likely N-dealkylation sites (tertiary alicyclic amines) is 1. The van der Waals surface area contributed by atoms with Gasteiger partial charge < -0.3 is 9.64 Å². The first-order valence-electron chi connectivity index (χ1n) is 11.0. The molecular formula is C23H25F2N3O6. The molecule has 0 bridgehead atoms. The molecule has 11 heteroatoms. The highest BCUT2D eigenvalue weighted by Gasteiger charge is 2.49. The zero-order valence-electron chi connectivity index (χ0n) is 19.0. The Hall–Kier alpha value is -3.37. The van der Waals surface area contributed by atoms with Crippen LogP contribution in [0.25, 0.3) is 0 Å². The van der Waals surface area contributed by atoms with E-state index in [4.69, 9.17) is 4.74 Å². The molecule has 0 saturated carbocycles. The third kappa shape index (κ3) is 4.26. The number of imide groups is 2. The molecule has 2 atom stereocenters. The number of piperidine rings is 2. The highest BCUT2D eigenvalue weighted by molar-refractivity contribution is 6.23. The molecule has 2 saturated heterocycles. The van der Waals surface area contributed by atoms with Gasteiger partial charge in [0.2, 0.25) is 11.8 Å². The first kappa shape index (κ1) is 23.8. The third-order valence-corrected chi connectivity index (χ3v) is 6.12. The summed E-state index contributed by atoms with van der Waals surface area (Å²) in [6, 6.07) is 2.82. The normalized spacial score (nSPS) is 24.7. The molecule has 0 aromatic heterocycles. The maximum Gasteiger partial charge on any atom is 0.410 e. The van der Waals surface area contributed by atoms with Crippen LogP contribution in [-0.4, -0.2) is 70.2 Å². The molecule has 4 rings (SSSR count). The van der Waals surface area contributed by atoms with Crippen LogP contribution in [0, 0.1) is 0 Å². The Morgan fingerprint density at radius 1 is 1.09 bits per heavy atom. The van der Waals surface area contributed by atoms with Crippen molar-refractivity contribution in [3.05, 3.63) is 34.9 Å². The number of carbonyl (C=O) groups is 5. The van der Waals surface area contributed by atoms with Gasteiger partial charge in [-0.15, -0.1) is 0 Å². The van der Waals surface area contributed by atoms with Crippen molar-refractivity contribution >= 4 is 29.7 Å². The molecule has 3 heterocycles. The lowest BCUT2D eigenvalue weighted by molar-refractivity contribution is -0.136. The lowest BCUT2D eigenvalue weighted by Crippen LogP contribution is -2.54. The van der Waals surface area contributed by atoms with E-state index in [0.29, 0.717) is 0 Å². The summed E-state index contributed by atoms with van der Waals surface area (Å²) in [5.74, 6) is -7.26. The summed E-state index contributed by atoms with van der Waals surface area (Å²) in [6.45, 7) is 4.16. The van der Waals surface area contributed by atoms with Gasteiger partial charge in [0.15, 0.2) is 0 Å². The second-order valence-electron chi connectivity index (χ2n) is 9.76. The average Bonchev–Trinajstić information content (AvgIpc) is 2.96. The van der Waals surface area contributed by atoms with E-state index in [1.165, 1.54) is 18.2 Å². The van der Waals surface area contributed by atoms with E-state index in [0.717, 1.165) is 9.80 Å². The van der Waals surface area contributed by atoms with Gasteiger partial charge in [-0.2, -0.15) is 0 Å². The van der Waals surface area contributed by atoms with Crippen molar-refractivity contribution < 1.29 is 37.5 Å². The Morgan fingerprint density at radius 3 is 2.38 bits per heavy atom. The van der Waals surface area contributed by atoms with Crippen LogP contribution in [-0.2, 0) is 14.3 Å². The minimum absolute atomic E-state index is 0.00416. The first-order valence-corrected chi connectivity index (χ1v) is 11.0. The highest BCUT2D eigenvalue weighted by atomic mass is 19.3. The molecule has 0 radical (unpaired) electrons. The molecule has 3 aliphatic rings. The first-order chi connectivity index (χ1) is 15.8. The maximum absolute atomic E-state index is 15.1. The molecule has 2 unspecified atom stereocenters. The summed E-state index contributed by atoms with van der Waals surface area (Å²) in [5.41, 5.74) is -0.686. The number of hydrogen-bond donors (Lipinski definition) is 1. The van der Waals surface area contributed by atoms with Crippen LogP contribution in [0.1, 0.15) is 72.2 Å².